The summed E-state index contributed by atoms with van der Waals surface area (Å²) in [5.41, 5.74) is 1.36. The molecule has 1 saturated heterocycles. The summed E-state index contributed by atoms with van der Waals surface area (Å²) in [7, 11) is 0. The van der Waals surface area contributed by atoms with E-state index < -0.39 is 17.9 Å². The minimum atomic E-state index is -2.50. The molecule has 1 aromatic carbocycles. The molecule has 0 bridgehead atoms. The van der Waals surface area contributed by atoms with Crippen LogP contribution in [0.25, 0.3) is 0 Å². The van der Waals surface area contributed by atoms with Gasteiger partial charge in [0.1, 0.15) is 17.9 Å². The molecule has 2 aliphatic carbocycles. The van der Waals surface area contributed by atoms with Crippen molar-refractivity contribution >= 4 is 17.7 Å². The molecule has 2 heterocycles. The van der Waals surface area contributed by atoms with Crippen LogP contribution >= 0.6 is 0 Å². The molecule has 9 heteroatoms. The summed E-state index contributed by atoms with van der Waals surface area (Å²) >= 11 is 0. The minimum Gasteiger partial charge on any atom is -0.489 e. The zero-order valence-corrected chi connectivity index (χ0v) is 19.2. The highest BCUT2D eigenvalue weighted by Crippen LogP contribution is 2.42. The van der Waals surface area contributed by atoms with Gasteiger partial charge in [-0.05, 0) is 61.9 Å². The topological polar surface area (TPSA) is 87.7 Å². The third-order valence-electron chi connectivity index (χ3n) is 7.58. The predicted molar refractivity (Wildman–Crippen MR) is 119 cm³/mol. The Balaban J connectivity index is 1.24. The molecule has 184 valence electrons. The van der Waals surface area contributed by atoms with Crippen LogP contribution in [0.3, 0.4) is 0 Å². The number of alkyl halides is 2. The first-order valence-electron chi connectivity index (χ1n) is 12.3. The zero-order chi connectivity index (χ0) is 23.9. The van der Waals surface area contributed by atoms with Gasteiger partial charge in [-0.2, -0.15) is 0 Å². The fraction of sp³-hybridized carbons (Fsp3) is 0.640. The Hall–Kier alpha value is -2.55. The van der Waals surface area contributed by atoms with Crippen molar-refractivity contribution in [1.29, 1.82) is 0 Å². The van der Waals surface area contributed by atoms with Gasteiger partial charge in [-0.25, -0.2) is 8.78 Å². The largest absolute Gasteiger partial charge is 0.489 e. The van der Waals surface area contributed by atoms with E-state index in [1.165, 1.54) is 4.90 Å². The van der Waals surface area contributed by atoms with Gasteiger partial charge in [-0.1, -0.05) is 12.8 Å². The van der Waals surface area contributed by atoms with E-state index in [0.717, 1.165) is 37.7 Å². The minimum absolute atomic E-state index is 0.0168. The van der Waals surface area contributed by atoms with Crippen LogP contribution in [0.15, 0.2) is 18.2 Å². The molecule has 7 nitrogen and oxygen atoms in total. The molecule has 4 aliphatic rings. The quantitative estimate of drug-likeness (QED) is 0.488. The van der Waals surface area contributed by atoms with Crippen molar-refractivity contribution in [2.24, 2.45) is 5.92 Å². The van der Waals surface area contributed by atoms with Crippen LogP contribution in [0.4, 0.5) is 8.78 Å². The molecule has 0 spiro atoms. The van der Waals surface area contributed by atoms with Gasteiger partial charge in [-0.15, -0.1) is 0 Å². The van der Waals surface area contributed by atoms with Gasteiger partial charge in [0.2, 0.25) is 17.7 Å². The molecule has 0 aromatic heterocycles. The lowest BCUT2D eigenvalue weighted by atomic mass is 9.81. The maximum atomic E-state index is 13.2. The fourth-order valence-electron chi connectivity index (χ4n) is 5.69. The number of imide groups is 1. The number of carbonyl (C=O) groups is 3. The molecule has 2 saturated carbocycles. The number of amides is 3. The summed E-state index contributed by atoms with van der Waals surface area (Å²) in [5, 5.41) is 5.81. The summed E-state index contributed by atoms with van der Waals surface area (Å²) in [6, 6.07) is 4.86. The van der Waals surface area contributed by atoms with Crippen LogP contribution < -0.4 is 15.4 Å². The monoisotopic (exact) mass is 475 g/mol. The van der Waals surface area contributed by atoms with Crippen molar-refractivity contribution < 1.29 is 27.9 Å². The van der Waals surface area contributed by atoms with E-state index >= 15 is 0 Å². The number of halogens is 2. The van der Waals surface area contributed by atoms with Gasteiger partial charge in [0.25, 0.3) is 5.91 Å². The highest BCUT2D eigenvalue weighted by atomic mass is 19.3. The summed E-state index contributed by atoms with van der Waals surface area (Å²) in [5.74, 6) is -2.75. The van der Waals surface area contributed by atoms with E-state index in [1.54, 1.807) is 12.1 Å². The van der Waals surface area contributed by atoms with Gasteiger partial charge >= 0.3 is 0 Å². The standard InChI is InChI=1S/C25H31F2N3O4/c26-25(27)11-15(12-25)13-28-19-4-2-1-3-5-21(19)34-17-6-7-18-16(10-17)14-30(24(18)33)20-8-9-22(31)29-23(20)32/h6-7,10,15,19-21,28H,1-5,8-9,11-14H2,(H,29,31,32)/t19-,20?,21-/m1/s1. The number of rotatable bonds is 6. The molecule has 34 heavy (non-hydrogen) atoms. The molecule has 2 N–H and O–H groups in total. The molecule has 3 fully saturated rings. The molecule has 0 radical (unpaired) electrons. The van der Waals surface area contributed by atoms with Gasteiger partial charge in [0.05, 0.1) is 0 Å². The predicted octanol–water partition coefficient (Wildman–Crippen LogP) is 3.16. The lowest BCUT2D eigenvalue weighted by Crippen LogP contribution is -2.52. The van der Waals surface area contributed by atoms with Crippen LogP contribution in [0.1, 0.15) is 73.7 Å². The van der Waals surface area contributed by atoms with Crippen molar-refractivity contribution in [1.82, 2.24) is 15.5 Å². The summed E-state index contributed by atoms with van der Waals surface area (Å²) in [4.78, 5) is 38.2. The Morgan fingerprint density at radius 2 is 1.88 bits per heavy atom. The molecule has 1 aromatic rings. The molecule has 2 aliphatic heterocycles. The molecule has 1 unspecified atom stereocenters. The Labute approximate surface area is 197 Å². The van der Waals surface area contributed by atoms with E-state index in [0.29, 0.717) is 30.8 Å². The van der Waals surface area contributed by atoms with E-state index in [4.69, 9.17) is 4.74 Å². The number of ether oxygens (including phenoxy) is 1. The second-order valence-electron chi connectivity index (χ2n) is 10.2. The molecular formula is C25H31F2N3O4. The average Bonchev–Trinajstić information content (AvgIpc) is 2.93. The average molecular weight is 476 g/mol. The summed E-state index contributed by atoms with van der Waals surface area (Å²) in [6.45, 7) is 0.888. The van der Waals surface area contributed by atoms with Crippen molar-refractivity contribution in [2.75, 3.05) is 6.54 Å². The first kappa shape index (κ1) is 23.2. The number of benzene rings is 1. The summed E-state index contributed by atoms with van der Waals surface area (Å²) in [6.07, 6.45) is 5.49. The Kier molecular flexibility index (Phi) is 6.31. The zero-order valence-electron chi connectivity index (χ0n) is 19.2. The van der Waals surface area contributed by atoms with Crippen molar-refractivity contribution in [3.8, 4) is 5.75 Å². The first-order chi connectivity index (χ1) is 16.3. The van der Waals surface area contributed by atoms with Crippen LogP contribution in [0.2, 0.25) is 0 Å². The molecular weight excluding hydrogens is 444 g/mol. The Morgan fingerprint density at radius 1 is 1.09 bits per heavy atom. The third-order valence-corrected chi connectivity index (χ3v) is 7.58. The van der Waals surface area contributed by atoms with E-state index in [2.05, 4.69) is 10.6 Å². The normalized spacial score (nSPS) is 29.3. The van der Waals surface area contributed by atoms with Gasteiger partial charge in [0, 0.05) is 37.4 Å². The highest BCUT2D eigenvalue weighted by molar-refractivity contribution is 6.05. The van der Waals surface area contributed by atoms with Crippen LogP contribution in [-0.4, -0.2) is 53.3 Å². The number of hydrogen-bond acceptors (Lipinski definition) is 5. The maximum Gasteiger partial charge on any atom is 0.255 e. The summed E-state index contributed by atoms with van der Waals surface area (Å²) < 4.78 is 32.8. The van der Waals surface area contributed by atoms with Crippen molar-refractivity contribution in [3.05, 3.63) is 29.3 Å². The Morgan fingerprint density at radius 3 is 2.65 bits per heavy atom. The lowest BCUT2D eigenvalue weighted by Gasteiger charge is -2.37. The van der Waals surface area contributed by atoms with E-state index in [1.807, 2.05) is 6.07 Å². The smallest absolute Gasteiger partial charge is 0.255 e. The molecule has 3 atom stereocenters. The number of hydrogen-bond donors (Lipinski definition) is 2. The Bertz CT molecular complexity index is 977. The van der Waals surface area contributed by atoms with Crippen molar-refractivity contribution in [2.45, 2.75) is 88.4 Å². The maximum absolute atomic E-state index is 13.2. The second-order valence-corrected chi connectivity index (χ2v) is 10.2. The van der Waals surface area contributed by atoms with Gasteiger partial charge in [0.15, 0.2) is 0 Å². The van der Waals surface area contributed by atoms with E-state index in [-0.39, 0.29) is 49.1 Å². The molecule has 5 rings (SSSR count). The number of nitrogens with zero attached hydrogens (tertiary/aromatic N) is 1. The van der Waals surface area contributed by atoms with E-state index in [9.17, 15) is 23.2 Å². The van der Waals surface area contributed by atoms with Gasteiger partial charge < -0.3 is 15.0 Å². The van der Waals surface area contributed by atoms with Crippen LogP contribution in [-0.2, 0) is 16.1 Å². The number of carbonyl (C=O) groups excluding carboxylic acids is 3. The number of piperidine rings is 1. The molecule has 3 amide bonds. The first-order valence-corrected chi connectivity index (χ1v) is 12.3. The third kappa shape index (κ3) is 4.80. The van der Waals surface area contributed by atoms with Gasteiger partial charge in [-0.3, -0.25) is 19.7 Å². The highest BCUT2D eigenvalue weighted by Gasteiger charge is 2.45. The van der Waals surface area contributed by atoms with Crippen molar-refractivity contribution in [3.63, 3.8) is 0 Å². The van der Waals surface area contributed by atoms with Crippen LogP contribution in [0, 0.1) is 5.92 Å². The lowest BCUT2D eigenvalue weighted by molar-refractivity contribution is -0.136. The number of fused-ring (bicyclic) bond motifs is 1. The second kappa shape index (κ2) is 9.24. The fourth-order valence-corrected chi connectivity index (χ4v) is 5.69. The number of nitrogens with one attached hydrogen (secondary N) is 2. The van der Waals surface area contributed by atoms with Crippen LogP contribution in [0.5, 0.6) is 5.75 Å². The SMILES string of the molecule is O=C1CCC(N2Cc3cc(O[C@@H]4CCCCC[C@H]4NCC4CC(F)(F)C4)ccc3C2=O)C(=O)N1.